The second kappa shape index (κ2) is 12.4. The molecule has 6 nitrogen and oxygen atoms in total. The van der Waals surface area contributed by atoms with E-state index in [1.807, 2.05) is 24.3 Å². The molecular weight excluding hydrogens is 767 g/mol. The van der Waals surface area contributed by atoms with E-state index in [0.29, 0.717) is 16.8 Å². The zero-order valence-electron chi connectivity index (χ0n) is 33.7. The third kappa shape index (κ3) is 4.25. The van der Waals surface area contributed by atoms with Crippen molar-refractivity contribution < 1.29 is 0 Å². The van der Waals surface area contributed by atoms with Gasteiger partial charge in [-0.3, -0.25) is 0 Å². The van der Waals surface area contributed by atoms with Gasteiger partial charge in [-0.1, -0.05) is 127 Å². The summed E-state index contributed by atoms with van der Waals surface area (Å²) in [6, 6.07) is 71.6. The molecule has 0 spiro atoms. The zero-order valence-corrected chi connectivity index (χ0v) is 33.7. The van der Waals surface area contributed by atoms with Crippen molar-refractivity contribution in [3.05, 3.63) is 199 Å². The molecule has 0 aliphatic carbocycles. The topological polar surface area (TPSA) is 65.6 Å². The number of hydrogen-bond acceptors (Lipinski definition) is 3. The van der Waals surface area contributed by atoms with Gasteiger partial charge in [0, 0.05) is 60.4 Å². The number of anilines is 3. The van der Waals surface area contributed by atoms with E-state index in [0.717, 1.165) is 99.3 Å². The summed E-state index contributed by atoms with van der Waals surface area (Å²) in [4.78, 5) is 2.16. The van der Waals surface area contributed by atoms with Crippen molar-refractivity contribution >= 4 is 106 Å². The lowest BCUT2D eigenvalue weighted by Gasteiger charge is -2.37. The Morgan fingerprint density at radius 3 is 1.41 bits per heavy atom. The van der Waals surface area contributed by atoms with Gasteiger partial charge in [0.2, 0.25) is 0 Å². The Hall–Kier alpha value is -8.78. The van der Waals surface area contributed by atoms with E-state index >= 15 is 0 Å². The van der Waals surface area contributed by atoms with Crippen LogP contribution in [-0.2, 0) is 0 Å². The number of para-hydroxylation sites is 7. The second-order valence-electron chi connectivity index (χ2n) is 16.6. The van der Waals surface area contributed by atoms with E-state index < -0.39 is 0 Å². The monoisotopic (exact) mass is 798 g/mol. The van der Waals surface area contributed by atoms with Gasteiger partial charge in [-0.05, 0) is 77.1 Å². The van der Waals surface area contributed by atoms with Crippen LogP contribution >= 0.6 is 0 Å². The zero-order chi connectivity index (χ0) is 41.5. The first kappa shape index (κ1) is 34.0. The van der Waals surface area contributed by atoms with Crippen molar-refractivity contribution in [2.24, 2.45) is 0 Å². The van der Waals surface area contributed by atoms with Crippen LogP contribution in [0.3, 0.4) is 0 Å². The predicted octanol–water partition coefficient (Wildman–Crippen LogP) is 11.3. The number of nitrogens with zero attached hydrogens (tertiary/aromatic N) is 6. The largest absolute Gasteiger partial charge is 0.309 e. The van der Waals surface area contributed by atoms with Crippen molar-refractivity contribution in [3.63, 3.8) is 0 Å². The molecule has 9 aromatic carbocycles. The lowest BCUT2D eigenvalue weighted by Crippen LogP contribution is -2.60. The molecular formula is C56H31BN6. The smallest absolute Gasteiger partial charge is 0.252 e. The lowest BCUT2D eigenvalue weighted by atomic mass is 9.34. The molecule has 0 atom stereocenters. The van der Waals surface area contributed by atoms with Gasteiger partial charge in [-0.25, -0.2) is 0 Å². The average molecular weight is 799 g/mol. The molecule has 63 heavy (non-hydrogen) atoms. The fourth-order valence-electron chi connectivity index (χ4n) is 11.3. The Morgan fingerprint density at radius 1 is 0.397 bits per heavy atom. The fourth-order valence-corrected chi connectivity index (χ4v) is 11.3. The Labute approximate surface area is 361 Å². The summed E-state index contributed by atoms with van der Waals surface area (Å²) in [7, 11) is 0. The highest BCUT2D eigenvalue weighted by Gasteiger charge is 2.45. The third-order valence-corrected chi connectivity index (χ3v) is 13.7. The molecule has 2 aliphatic rings. The van der Waals surface area contributed by atoms with Gasteiger partial charge in [-0.15, -0.1) is 0 Å². The van der Waals surface area contributed by atoms with E-state index in [1.165, 1.54) is 10.9 Å². The van der Waals surface area contributed by atoms with E-state index in [9.17, 15) is 10.5 Å². The number of rotatable bonds is 4. The Bertz CT molecular complexity index is 3910. The van der Waals surface area contributed by atoms with Gasteiger partial charge in [-0.2, -0.15) is 10.5 Å². The molecule has 0 unspecified atom stereocenters. The molecule has 5 heterocycles. The van der Waals surface area contributed by atoms with Crippen LogP contribution in [0, 0.1) is 22.7 Å². The molecule has 0 radical (unpaired) electrons. The second-order valence-corrected chi connectivity index (χ2v) is 16.6. The van der Waals surface area contributed by atoms with Crippen molar-refractivity contribution in [2.45, 2.75) is 0 Å². The van der Waals surface area contributed by atoms with E-state index in [-0.39, 0.29) is 6.71 Å². The Balaban J connectivity index is 1.19. The average Bonchev–Trinajstić information content (AvgIpc) is 3.99. The van der Waals surface area contributed by atoms with Crippen LogP contribution in [0.1, 0.15) is 11.1 Å². The molecule has 3 aromatic heterocycles. The molecule has 12 aromatic rings. The first-order valence-corrected chi connectivity index (χ1v) is 21.3. The van der Waals surface area contributed by atoms with Crippen molar-refractivity contribution in [2.75, 3.05) is 4.90 Å². The summed E-state index contributed by atoms with van der Waals surface area (Å²) in [5.74, 6) is 0. The number of fused-ring (bicyclic) bond motifs is 13. The van der Waals surface area contributed by atoms with Gasteiger partial charge < -0.3 is 18.6 Å². The summed E-state index contributed by atoms with van der Waals surface area (Å²) >= 11 is 0. The molecule has 0 saturated carbocycles. The van der Waals surface area contributed by atoms with Gasteiger partial charge in [0.15, 0.2) is 0 Å². The highest BCUT2D eigenvalue weighted by molar-refractivity contribution is 7.00. The summed E-state index contributed by atoms with van der Waals surface area (Å²) in [6.07, 6.45) is 0. The van der Waals surface area contributed by atoms with Gasteiger partial charge in [0.25, 0.3) is 6.71 Å². The molecule has 0 fully saturated rings. The quantitative estimate of drug-likeness (QED) is 0.167. The minimum absolute atomic E-state index is 0.227. The van der Waals surface area contributed by atoms with Gasteiger partial charge in [0.1, 0.15) is 23.3 Å². The molecule has 14 rings (SSSR count). The normalized spacial score (nSPS) is 12.4. The van der Waals surface area contributed by atoms with Crippen molar-refractivity contribution in [1.82, 2.24) is 13.7 Å². The van der Waals surface area contributed by atoms with Crippen LogP contribution < -0.4 is 21.3 Å². The van der Waals surface area contributed by atoms with Crippen LogP contribution in [0.5, 0.6) is 0 Å². The van der Waals surface area contributed by atoms with Crippen LogP contribution in [-0.4, -0.2) is 20.4 Å². The SMILES string of the molecule is N#Cc1c(N(c2ccccc2)c2ccc3c(c2)c2ccccc2n3-c2ccccc2)c(C#N)c2c3c1-n1c4ccccc4c4cccc(c41)B3c1cccc3c4ccccc4n-2c13. The van der Waals surface area contributed by atoms with E-state index in [1.54, 1.807) is 0 Å². The minimum atomic E-state index is -0.227. The summed E-state index contributed by atoms with van der Waals surface area (Å²) < 4.78 is 6.97. The molecule has 7 heteroatoms. The lowest BCUT2D eigenvalue weighted by molar-refractivity contribution is 1.11. The van der Waals surface area contributed by atoms with Crippen LogP contribution in [0.2, 0.25) is 0 Å². The predicted molar refractivity (Wildman–Crippen MR) is 258 cm³/mol. The van der Waals surface area contributed by atoms with E-state index in [4.69, 9.17) is 0 Å². The molecule has 0 bridgehead atoms. The first-order valence-electron chi connectivity index (χ1n) is 21.3. The Morgan fingerprint density at radius 2 is 0.857 bits per heavy atom. The van der Waals surface area contributed by atoms with Gasteiger partial charge >= 0.3 is 0 Å². The minimum Gasteiger partial charge on any atom is -0.309 e. The maximum Gasteiger partial charge on any atom is 0.252 e. The number of nitriles is 2. The molecule has 0 saturated heterocycles. The number of benzene rings is 9. The summed E-state index contributed by atoms with van der Waals surface area (Å²) in [6.45, 7) is -0.227. The van der Waals surface area contributed by atoms with Crippen LogP contribution in [0.25, 0.3) is 82.5 Å². The molecule has 0 N–H and O–H groups in total. The van der Waals surface area contributed by atoms with Crippen molar-refractivity contribution in [3.8, 4) is 29.2 Å². The van der Waals surface area contributed by atoms with E-state index in [2.05, 4.69) is 195 Å². The van der Waals surface area contributed by atoms with Gasteiger partial charge in [0.05, 0.1) is 39.1 Å². The third-order valence-electron chi connectivity index (χ3n) is 13.7. The maximum absolute atomic E-state index is 11.9. The fraction of sp³-hybridized carbons (Fsp3) is 0. The Kier molecular flexibility index (Phi) is 6.69. The summed E-state index contributed by atoms with van der Waals surface area (Å²) in [5, 5.41) is 30.6. The number of hydrogen-bond donors (Lipinski definition) is 0. The highest BCUT2D eigenvalue weighted by Crippen LogP contribution is 2.48. The standard InChI is InChI=1S/C56H31BN6/c58-32-43-52(60(34-15-3-1-4-16-34)36-29-30-50-42(31-36)39-21-9-10-26-47(39)61(50)35-17-5-2-6-18-35)44(33-59)56-51-55(43)62-48-27-11-7-19-37(48)40-22-13-24-45(53(40)62)57(51)46-25-14-23-41-38-20-8-12-28-49(38)63(56)54(41)46/h1-31H. The summed E-state index contributed by atoms with van der Waals surface area (Å²) in [5.41, 5.74) is 15.6. The molecule has 288 valence electrons. The van der Waals surface area contributed by atoms with Crippen LogP contribution in [0.4, 0.5) is 17.1 Å². The maximum atomic E-state index is 11.9. The first-order chi connectivity index (χ1) is 31.2. The number of aromatic nitrogens is 3. The molecule has 2 aliphatic heterocycles. The van der Waals surface area contributed by atoms with Crippen molar-refractivity contribution in [1.29, 1.82) is 10.5 Å². The molecule has 0 amide bonds. The van der Waals surface area contributed by atoms with Crippen LogP contribution in [0.15, 0.2) is 188 Å². The highest BCUT2D eigenvalue weighted by atomic mass is 15.2.